The van der Waals surface area contributed by atoms with Gasteiger partial charge >= 0.3 is 0 Å². The molecule has 0 bridgehead atoms. The maximum Gasteiger partial charge on any atom is 0.0465 e. The molecule has 1 N–H and O–H groups in total. The highest BCUT2D eigenvalue weighted by molar-refractivity contribution is 5.28. The van der Waals surface area contributed by atoms with Gasteiger partial charge in [0.1, 0.15) is 0 Å². The summed E-state index contributed by atoms with van der Waals surface area (Å²) in [7, 11) is 1.79. The first-order valence-corrected chi connectivity index (χ1v) is 8.44. The van der Waals surface area contributed by atoms with Crippen molar-refractivity contribution in [1.29, 1.82) is 0 Å². The summed E-state index contributed by atoms with van der Waals surface area (Å²) in [6.07, 6.45) is 3.41. The van der Waals surface area contributed by atoms with Crippen molar-refractivity contribution in [2.45, 2.75) is 58.4 Å². The summed E-state index contributed by atoms with van der Waals surface area (Å²) in [6.45, 7) is 11.1. The lowest BCUT2D eigenvalue weighted by molar-refractivity contribution is 0.144. The molecule has 0 heterocycles. The first-order valence-electron chi connectivity index (χ1n) is 8.44. The van der Waals surface area contributed by atoms with E-state index in [9.17, 15) is 0 Å². The van der Waals surface area contributed by atoms with Crippen molar-refractivity contribution >= 4 is 0 Å². The van der Waals surface area contributed by atoms with E-state index < -0.39 is 0 Å². The molecule has 1 aromatic rings. The van der Waals surface area contributed by atoms with Gasteiger partial charge in [0.05, 0.1) is 0 Å². The molecule has 0 aliphatic rings. The number of nitrogens with one attached hydrogen (secondary N) is 1. The van der Waals surface area contributed by atoms with E-state index in [0.717, 1.165) is 32.4 Å². The van der Waals surface area contributed by atoms with Gasteiger partial charge in [0, 0.05) is 25.2 Å². The Morgan fingerprint density at radius 3 is 2.19 bits per heavy atom. The smallest absolute Gasteiger partial charge is 0.0465 e. The molecule has 0 aromatic heterocycles. The molecule has 2 atom stereocenters. The van der Waals surface area contributed by atoms with Crippen LogP contribution < -0.4 is 5.32 Å². The Morgan fingerprint density at radius 1 is 1.10 bits per heavy atom. The first-order chi connectivity index (χ1) is 10.2. The van der Waals surface area contributed by atoms with Gasteiger partial charge in [-0.3, -0.25) is 0 Å². The second kappa shape index (κ2) is 9.22. The highest BCUT2D eigenvalue weighted by Gasteiger charge is 2.39. The average Bonchev–Trinajstić information content (AvgIpc) is 2.54. The molecule has 1 aromatic carbocycles. The van der Waals surface area contributed by atoms with Crippen LogP contribution in [0.4, 0.5) is 0 Å². The molecule has 0 saturated carbocycles. The molecule has 2 nitrogen and oxygen atoms in total. The van der Waals surface area contributed by atoms with Gasteiger partial charge in [0.2, 0.25) is 0 Å². The number of methoxy groups -OCH3 is 1. The summed E-state index contributed by atoms with van der Waals surface area (Å²) in [4.78, 5) is 0. The van der Waals surface area contributed by atoms with E-state index in [4.69, 9.17) is 4.74 Å². The topological polar surface area (TPSA) is 21.3 Å². The van der Waals surface area contributed by atoms with Gasteiger partial charge in [-0.25, -0.2) is 0 Å². The monoisotopic (exact) mass is 291 g/mol. The zero-order valence-corrected chi connectivity index (χ0v) is 14.5. The fraction of sp³-hybridized carbons (Fsp3) is 0.684. The predicted octanol–water partition coefficient (Wildman–Crippen LogP) is 4.40. The van der Waals surface area contributed by atoms with Crippen molar-refractivity contribution < 1.29 is 4.74 Å². The summed E-state index contributed by atoms with van der Waals surface area (Å²) >= 11 is 0. The molecule has 120 valence electrons. The molecule has 0 saturated heterocycles. The van der Waals surface area contributed by atoms with E-state index in [2.05, 4.69) is 63.3 Å². The Bertz CT molecular complexity index is 372. The highest BCUT2D eigenvalue weighted by Crippen LogP contribution is 2.39. The molecular formula is C19H33NO. The Labute approximate surface area is 131 Å². The van der Waals surface area contributed by atoms with E-state index in [-0.39, 0.29) is 5.41 Å². The van der Waals surface area contributed by atoms with E-state index in [1.165, 1.54) is 5.56 Å². The third-order valence-corrected chi connectivity index (χ3v) is 4.98. The summed E-state index contributed by atoms with van der Waals surface area (Å²) in [5.74, 6) is 0.588. The van der Waals surface area contributed by atoms with Crippen molar-refractivity contribution in [3.8, 4) is 0 Å². The summed E-state index contributed by atoms with van der Waals surface area (Å²) in [5, 5.41) is 3.78. The number of benzene rings is 1. The third-order valence-electron chi connectivity index (χ3n) is 4.98. The number of ether oxygens (including phenoxy) is 1. The second-order valence-corrected chi connectivity index (χ2v) is 6.02. The van der Waals surface area contributed by atoms with Crippen molar-refractivity contribution in [3.05, 3.63) is 35.9 Å². The number of rotatable bonds is 10. The maximum atomic E-state index is 5.30. The molecule has 0 spiro atoms. The van der Waals surface area contributed by atoms with Crippen molar-refractivity contribution in [2.24, 2.45) is 5.92 Å². The van der Waals surface area contributed by atoms with Crippen LogP contribution in [0.3, 0.4) is 0 Å². The molecular weight excluding hydrogens is 258 g/mol. The minimum Gasteiger partial charge on any atom is -0.385 e. The molecule has 0 radical (unpaired) electrons. The maximum absolute atomic E-state index is 5.30. The third kappa shape index (κ3) is 4.31. The van der Waals surface area contributed by atoms with Crippen LogP contribution in [0.25, 0.3) is 0 Å². The first kappa shape index (κ1) is 18.2. The largest absolute Gasteiger partial charge is 0.385 e. The molecule has 2 heteroatoms. The van der Waals surface area contributed by atoms with Crippen LogP contribution in [0.5, 0.6) is 0 Å². The van der Waals surface area contributed by atoms with Crippen LogP contribution in [0.1, 0.15) is 52.5 Å². The lowest BCUT2D eigenvalue weighted by Crippen LogP contribution is -2.52. The number of likely N-dealkylation sites (N-methyl/N-ethyl adjacent to an activating group) is 1. The summed E-state index contributed by atoms with van der Waals surface area (Å²) < 4.78 is 5.30. The Morgan fingerprint density at radius 2 is 1.71 bits per heavy atom. The Balaban J connectivity index is 3.13. The molecule has 0 aliphatic carbocycles. The van der Waals surface area contributed by atoms with Gasteiger partial charge in [-0.05, 0) is 37.3 Å². The standard InChI is InChI=1S/C19H33NO/c1-6-19(7-2,17-12-10-9-11-13-17)18(20-8-3)16(4)14-15-21-5/h9-13,16,18,20H,6-8,14-15H2,1-5H3. The average molecular weight is 291 g/mol. The number of hydrogen-bond acceptors (Lipinski definition) is 2. The van der Waals surface area contributed by atoms with Crippen LogP contribution in [0, 0.1) is 5.92 Å². The Kier molecular flexibility index (Phi) is 7.98. The van der Waals surface area contributed by atoms with E-state index >= 15 is 0 Å². The van der Waals surface area contributed by atoms with Gasteiger partial charge in [-0.1, -0.05) is 58.0 Å². The molecule has 21 heavy (non-hydrogen) atoms. The van der Waals surface area contributed by atoms with Crippen LogP contribution in [0.15, 0.2) is 30.3 Å². The fourth-order valence-corrected chi connectivity index (χ4v) is 3.68. The molecule has 0 aliphatic heterocycles. The van der Waals surface area contributed by atoms with Crippen molar-refractivity contribution in [2.75, 3.05) is 20.3 Å². The van der Waals surface area contributed by atoms with Gasteiger partial charge in [-0.2, -0.15) is 0 Å². The van der Waals surface area contributed by atoms with Crippen molar-refractivity contribution in [1.82, 2.24) is 5.32 Å². The minimum absolute atomic E-state index is 0.199. The van der Waals surface area contributed by atoms with E-state index in [1.54, 1.807) is 7.11 Å². The second-order valence-electron chi connectivity index (χ2n) is 6.02. The summed E-state index contributed by atoms with van der Waals surface area (Å²) in [5.41, 5.74) is 1.66. The quantitative estimate of drug-likeness (QED) is 0.690. The zero-order valence-electron chi connectivity index (χ0n) is 14.5. The highest BCUT2D eigenvalue weighted by atomic mass is 16.5. The summed E-state index contributed by atoms with van der Waals surface area (Å²) in [6, 6.07) is 11.5. The van der Waals surface area contributed by atoms with Crippen LogP contribution in [0.2, 0.25) is 0 Å². The van der Waals surface area contributed by atoms with Crippen LogP contribution in [-0.4, -0.2) is 26.3 Å². The number of hydrogen-bond donors (Lipinski definition) is 1. The lowest BCUT2D eigenvalue weighted by atomic mass is 9.66. The van der Waals surface area contributed by atoms with Crippen LogP contribution in [-0.2, 0) is 10.2 Å². The van der Waals surface area contributed by atoms with Crippen LogP contribution >= 0.6 is 0 Å². The zero-order chi connectivity index (χ0) is 15.7. The minimum atomic E-state index is 0.199. The van der Waals surface area contributed by atoms with E-state index in [0.29, 0.717) is 12.0 Å². The fourth-order valence-electron chi connectivity index (χ4n) is 3.68. The van der Waals surface area contributed by atoms with Gasteiger partial charge in [0.25, 0.3) is 0 Å². The SMILES string of the molecule is CCNC(C(C)CCOC)C(CC)(CC)c1ccccc1. The van der Waals surface area contributed by atoms with Gasteiger partial charge < -0.3 is 10.1 Å². The molecule has 2 unspecified atom stereocenters. The van der Waals surface area contributed by atoms with E-state index in [1.807, 2.05) is 0 Å². The molecule has 0 fully saturated rings. The molecule has 1 rings (SSSR count). The Hall–Kier alpha value is -0.860. The van der Waals surface area contributed by atoms with Crippen molar-refractivity contribution in [3.63, 3.8) is 0 Å². The van der Waals surface area contributed by atoms with Gasteiger partial charge in [-0.15, -0.1) is 0 Å². The predicted molar refractivity (Wildman–Crippen MR) is 91.8 cm³/mol. The normalized spacial score (nSPS) is 14.9. The lowest BCUT2D eigenvalue weighted by Gasteiger charge is -2.44. The van der Waals surface area contributed by atoms with Gasteiger partial charge in [0.15, 0.2) is 0 Å². The molecule has 0 amide bonds.